The number of nitrogens with one attached hydrogen (secondary N) is 1. The predicted octanol–water partition coefficient (Wildman–Crippen LogP) is 1.02. The van der Waals surface area contributed by atoms with Gasteiger partial charge in [-0.15, -0.1) is 0 Å². The van der Waals surface area contributed by atoms with Crippen LogP contribution in [0.3, 0.4) is 0 Å². The SMILES string of the molecule is O=c1[nH]cnc(N2CCCC2)c1Cl. The molecule has 0 amide bonds. The molecule has 1 aromatic heterocycles. The Bertz CT molecular complexity index is 357. The first kappa shape index (κ1) is 8.56. The van der Waals surface area contributed by atoms with Gasteiger partial charge in [-0.05, 0) is 12.8 Å². The normalized spacial score (nSPS) is 16.5. The van der Waals surface area contributed by atoms with Gasteiger partial charge >= 0.3 is 0 Å². The van der Waals surface area contributed by atoms with Gasteiger partial charge in [0.05, 0.1) is 6.33 Å². The molecule has 13 heavy (non-hydrogen) atoms. The molecule has 2 rings (SSSR count). The number of aromatic amines is 1. The molecule has 0 unspecified atom stereocenters. The van der Waals surface area contributed by atoms with E-state index in [4.69, 9.17) is 11.6 Å². The molecule has 1 fully saturated rings. The zero-order valence-corrected chi connectivity index (χ0v) is 7.84. The van der Waals surface area contributed by atoms with Crippen LogP contribution >= 0.6 is 11.6 Å². The summed E-state index contributed by atoms with van der Waals surface area (Å²) in [6.07, 6.45) is 3.68. The second kappa shape index (κ2) is 3.38. The Morgan fingerprint density at radius 3 is 2.85 bits per heavy atom. The van der Waals surface area contributed by atoms with E-state index in [9.17, 15) is 4.79 Å². The lowest BCUT2D eigenvalue weighted by Gasteiger charge is -2.16. The topological polar surface area (TPSA) is 49.0 Å². The van der Waals surface area contributed by atoms with Gasteiger partial charge in [-0.25, -0.2) is 4.98 Å². The molecule has 2 heterocycles. The first-order chi connectivity index (χ1) is 6.29. The Hall–Kier alpha value is -1.03. The third kappa shape index (κ3) is 1.54. The van der Waals surface area contributed by atoms with Crippen LogP contribution in [0, 0.1) is 0 Å². The van der Waals surface area contributed by atoms with Crippen molar-refractivity contribution in [2.24, 2.45) is 0 Å². The van der Waals surface area contributed by atoms with Crippen molar-refractivity contribution in [1.29, 1.82) is 0 Å². The largest absolute Gasteiger partial charge is 0.355 e. The lowest BCUT2D eigenvalue weighted by molar-refractivity contribution is 0.921. The van der Waals surface area contributed by atoms with Crippen molar-refractivity contribution in [3.8, 4) is 0 Å². The van der Waals surface area contributed by atoms with Gasteiger partial charge in [0.1, 0.15) is 5.02 Å². The summed E-state index contributed by atoms with van der Waals surface area (Å²) in [5.74, 6) is 0.614. The average Bonchev–Trinajstić information content (AvgIpc) is 2.62. The third-order valence-corrected chi connectivity index (χ3v) is 2.52. The van der Waals surface area contributed by atoms with E-state index in [1.807, 2.05) is 4.90 Å². The van der Waals surface area contributed by atoms with Crippen LogP contribution in [0.25, 0.3) is 0 Å². The maximum atomic E-state index is 11.1. The Morgan fingerprint density at radius 2 is 2.15 bits per heavy atom. The molecule has 0 spiro atoms. The van der Waals surface area contributed by atoms with Gasteiger partial charge in [0.25, 0.3) is 5.56 Å². The van der Waals surface area contributed by atoms with E-state index in [0.29, 0.717) is 5.82 Å². The lowest BCUT2D eigenvalue weighted by Crippen LogP contribution is -2.22. The van der Waals surface area contributed by atoms with Crippen molar-refractivity contribution >= 4 is 17.4 Å². The molecular weight excluding hydrogens is 190 g/mol. The second-order valence-electron chi connectivity index (χ2n) is 3.06. The highest BCUT2D eigenvalue weighted by Crippen LogP contribution is 2.22. The fourth-order valence-corrected chi connectivity index (χ4v) is 1.75. The Kier molecular flexibility index (Phi) is 2.22. The highest BCUT2D eigenvalue weighted by molar-refractivity contribution is 6.32. The average molecular weight is 200 g/mol. The molecule has 0 saturated carbocycles. The number of hydrogen-bond donors (Lipinski definition) is 1. The minimum atomic E-state index is -0.265. The Morgan fingerprint density at radius 1 is 1.46 bits per heavy atom. The Labute approximate surface area is 80.5 Å². The first-order valence-corrected chi connectivity index (χ1v) is 4.65. The minimum absolute atomic E-state index is 0.199. The molecule has 5 heteroatoms. The zero-order valence-electron chi connectivity index (χ0n) is 7.09. The molecule has 70 valence electrons. The van der Waals surface area contributed by atoms with E-state index in [0.717, 1.165) is 25.9 Å². The molecule has 0 aliphatic carbocycles. The lowest BCUT2D eigenvalue weighted by atomic mass is 10.4. The zero-order chi connectivity index (χ0) is 9.26. The highest BCUT2D eigenvalue weighted by Gasteiger charge is 2.17. The fourth-order valence-electron chi connectivity index (χ4n) is 1.52. The van der Waals surface area contributed by atoms with E-state index in [1.54, 1.807) is 0 Å². The summed E-state index contributed by atoms with van der Waals surface area (Å²) in [5.41, 5.74) is -0.265. The molecule has 1 aliphatic heterocycles. The van der Waals surface area contributed by atoms with Crippen LogP contribution in [-0.2, 0) is 0 Å². The van der Waals surface area contributed by atoms with Gasteiger partial charge in [-0.2, -0.15) is 0 Å². The van der Waals surface area contributed by atoms with Crippen LogP contribution in [-0.4, -0.2) is 23.1 Å². The van der Waals surface area contributed by atoms with E-state index < -0.39 is 0 Å². The van der Waals surface area contributed by atoms with E-state index in [-0.39, 0.29) is 10.6 Å². The monoisotopic (exact) mass is 199 g/mol. The van der Waals surface area contributed by atoms with Crippen molar-refractivity contribution in [2.45, 2.75) is 12.8 Å². The summed E-state index contributed by atoms with van der Waals surface area (Å²) in [4.78, 5) is 19.7. The van der Waals surface area contributed by atoms with E-state index >= 15 is 0 Å². The molecule has 0 bridgehead atoms. The molecule has 1 aliphatic rings. The minimum Gasteiger partial charge on any atom is -0.355 e. The van der Waals surface area contributed by atoms with Gasteiger partial charge in [0, 0.05) is 13.1 Å². The summed E-state index contributed by atoms with van der Waals surface area (Å²) < 4.78 is 0. The van der Waals surface area contributed by atoms with Crippen molar-refractivity contribution in [1.82, 2.24) is 9.97 Å². The third-order valence-electron chi connectivity index (χ3n) is 2.18. The summed E-state index contributed by atoms with van der Waals surface area (Å²) in [6, 6.07) is 0. The smallest absolute Gasteiger partial charge is 0.271 e. The van der Waals surface area contributed by atoms with Gasteiger partial charge in [-0.3, -0.25) is 4.79 Å². The van der Waals surface area contributed by atoms with Gasteiger partial charge < -0.3 is 9.88 Å². The van der Waals surface area contributed by atoms with Gasteiger partial charge in [0.2, 0.25) is 0 Å². The quantitative estimate of drug-likeness (QED) is 0.735. The van der Waals surface area contributed by atoms with Crippen molar-refractivity contribution < 1.29 is 0 Å². The van der Waals surface area contributed by atoms with Crippen molar-refractivity contribution in [3.63, 3.8) is 0 Å². The molecule has 1 aromatic rings. The molecule has 0 radical (unpaired) electrons. The van der Waals surface area contributed by atoms with Crippen molar-refractivity contribution in [2.75, 3.05) is 18.0 Å². The molecule has 4 nitrogen and oxygen atoms in total. The number of nitrogens with zero attached hydrogens (tertiary/aromatic N) is 2. The molecule has 0 atom stereocenters. The number of rotatable bonds is 1. The number of aromatic nitrogens is 2. The maximum absolute atomic E-state index is 11.1. The van der Waals surface area contributed by atoms with Crippen LogP contribution in [0.1, 0.15) is 12.8 Å². The summed E-state index contributed by atoms with van der Waals surface area (Å²) in [6.45, 7) is 1.88. The summed E-state index contributed by atoms with van der Waals surface area (Å²) in [7, 11) is 0. The molecule has 1 saturated heterocycles. The Balaban J connectivity index is 2.39. The van der Waals surface area contributed by atoms with Crippen LogP contribution < -0.4 is 10.5 Å². The van der Waals surface area contributed by atoms with Crippen LogP contribution in [0.5, 0.6) is 0 Å². The fraction of sp³-hybridized carbons (Fsp3) is 0.500. The van der Waals surface area contributed by atoms with Gasteiger partial charge in [0.15, 0.2) is 5.82 Å². The second-order valence-corrected chi connectivity index (χ2v) is 3.44. The number of anilines is 1. The molecule has 0 aromatic carbocycles. The number of halogens is 1. The summed E-state index contributed by atoms with van der Waals surface area (Å²) in [5, 5.41) is 0.199. The number of hydrogen-bond acceptors (Lipinski definition) is 3. The van der Waals surface area contributed by atoms with E-state index in [1.165, 1.54) is 6.33 Å². The summed E-state index contributed by atoms with van der Waals surface area (Å²) >= 11 is 5.83. The van der Waals surface area contributed by atoms with Crippen LogP contribution in [0.2, 0.25) is 5.02 Å². The molecular formula is C8H10ClN3O. The highest BCUT2D eigenvalue weighted by atomic mass is 35.5. The maximum Gasteiger partial charge on any atom is 0.271 e. The van der Waals surface area contributed by atoms with Crippen molar-refractivity contribution in [3.05, 3.63) is 21.7 Å². The number of H-pyrrole nitrogens is 1. The van der Waals surface area contributed by atoms with Gasteiger partial charge in [-0.1, -0.05) is 11.6 Å². The standard InChI is InChI=1S/C8H10ClN3O/c9-6-7(10-5-11-8(6)13)12-3-1-2-4-12/h5H,1-4H2,(H,10,11,13). The first-order valence-electron chi connectivity index (χ1n) is 4.27. The predicted molar refractivity (Wildman–Crippen MR) is 51.3 cm³/mol. The van der Waals surface area contributed by atoms with Crippen LogP contribution in [0.4, 0.5) is 5.82 Å². The molecule has 1 N–H and O–H groups in total. The van der Waals surface area contributed by atoms with E-state index in [2.05, 4.69) is 9.97 Å². The van der Waals surface area contributed by atoms with Crippen LogP contribution in [0.15, 0.2) is 11.1 Å².